The van der Waals surface area contributed by atoms with Gasteiger partial charge in [0.2, 0.25) is 0 Å². The Kier molecular flexibility index (Phi) is 5.94. The quantitative estimate of drug-likeness (QED) is 0.849. The monoisotopic (exact) mass is 302 g/mol. The van der Waals surface area contributed by atoms with E-state index in [0.717, 1.165) is 5.69 Å². The smallest absolute Gasteiger partial charge is 0.251 e. The van der Waals surface area contributed by atoms with Gasteiger partial charge in [0, 0.05) is 40.1 Å². The van der Waals surface area contributed by atoms with Gasteiger partial charge in [-0.2, -0.15) is 0 Å². The minimum absolute atomic E-state index is 0.0779. The maximum absolute atomic E-state index is 12.0. The van der Waals surface area contributed by atoms with Crippen molar-refractivity contribution in [3.8, 4) is 0 Å². The molecule has 0 aliphatic heterocycles. The molecule has 0 fully saturated rings. The topological polar surface area (TPSA) is 59.1 Å². The van der Waals surface area contributed by atoms with Crippen molar-refractivity contribution in [2.45, 2.75) is 31.9 Å². The SMILES string of the molecule is CC(C)c1cc(C(=O)NCC(C)S(C)=O)cc(Cl)n1. The molecule has 0 bridgehead atoms. The van der Waals surface area contributed by atoms with Crippen molar-refractivity contribution in [2.24, 2.45) is 0 Å². The van der Waals surface area contributed by atoms with Crippen LogP contribution in [0.5, 0.6) is 0 Å². The minimum atomic E-state index is -0.952. The fourth-order valence-corrected chi connectivity index (χ4v) is 1.93. The first-order chi connectivity index (χ1) is 8.81. The second-order valence-corrected chi connectivity index (χ2v) is 6.97. The Hall–Kier alpha value is -0.940. The van der Waals surface area contributed by atoms with Crippen LogP contribution in [0, 0.1) is 0 Å². The molecule has 19 heavy (non-hydrogen) atoms. The van der Waals surface area contributed by atoms with Gasteiger partial charge in [-0.15, -0.1) is 0 Å². The highest BCUT2D eigenvalue weighted by Gasteiger charge is 2.13. The van der Waals surface area contributed by atoms with Gasteiger partial charge < -0.3 is 5.32 Å². The van der Waals surface area contributed by atoms with E-state index in [1.807, 2.05) is 20.8 Å². The summed E-state index contributed by atoms with van der Waals surface area (Å²) in [6.07, 6.45) is 1.62. The van der Waals surface area contributed by atoms with Crippen LogP contribution in [-0.2, 0) is 10.8 Å². The predicted molar refractivity (Wildman–Crippen MR) is 79.2 cm³/mol. The zero-order valence-corrected chi connectivity index (χ0v) is 13.1. The Bertz CT molecular complexity index is 492. The number of carbonyl (C=O) groups is 1. The fraction of sp³-hybridized carbons (Fsp3) is 0.538. The second kappa shape index (κ2) is 7.01. The van der Waals surface area contributed by atoms with Crippen molar-refractivity contribution in [1.29, 1.82) is 0 Å². The summed E-state index contributed by atoms with van der Waals surface area (Å²) in [5, 5.41) is 2.99. The van der Waals surface area contributed by atoms with Crippen LogP contribution in [0.25, 0.3) is 0 Å². The summed E-state index contributed by atoms with van der Waals surface area (Å²) in [7, 11) is -0.952. The maximum Gasteiger partial charge on any atom is 0.251 e. The highest BCUT2D eigenvalue weighted by Crippen LogP contribution is 2.17. The molecule has 0 saturated carbocycles. The normalized spacial score (nSPS) is 14.2. The van der Waals surface area contributed by atoms with Crippen molar-refractivity contribution in [1.82, 2.24) is 10.3 Å². The van der Waals surface area contributed by atoms with E-state index in [-0.39, 0.29) is 17.1 Å². The molecule has 6 heteroatoms. The first kappa shape index (κ1) is 16.1. The van der Waals surface area contributed by atoms with Gasteiger partial charge in [-0.3, -0.25) is 9.00 Å². The lowest BCUT2D eigenvalue weighted by Crippen LogP contribution is -2.32. The number of aromatic nitrogens is 1. The lowest BCUT2D eigenvalue weighted by atomic mass is 10.1. The summed E-state index contributed by atoms with van der Waals surface area (Å²) >= 11 is 5.91. The third kappa shape index (κ3) is 4.91. The minimum Gasteiger partial charge on any atom is -0.351 e. The summed E-state index contributed by atoms with van der Waals surface area (Å²) in [4.78, 5) is 16.2. The number of halogens is 1. The molecule has 4 nitrogen and oxygen atoms in total. The molecule has 2 atom stereocenters. The average molecular weight is 303 g/mol. The molecule has 1 rings (SSSR count). The van der Waals surface area contributed by atoms with Crippen molar-refractivity contribution >= 4 is 28.3 Å². The predicted octanol–water partition coefficient (Wildman–Crippen LogP) is 2.36. The summed E-state index contributed by atoms with van der Waals surface area (Å²) in [5.74, 6) is -0.0178. The number of pyridine rings is 1. The molecule has 1 aromatic rings. The van der Waals surface area contributed by atoms with E-state index in [1.54, 1.807) is 12.3 Å². The van der Waals surface area contributed by atoms with Crippen molar-refractivity contribution in [3.05, 3.63) is 28.5 Å². The Labute approximate surface area is 121 Å². The first-order valence-corrected chi connectivity index (χ1v) is 8.09. The Morgan fingerprint density at radius 2 is 2.05 bits per heavy atom. The molecule has 0 aliphatic rings. The van der Waals surface area contributed by atoms with Crippen molar-refractivity contribution in [3.63, 3.8) is 0 Å². The standard InChI is InChI=1S/C13H19ClN2O2S/c1-8(2)11-5-10(6-12(14)16-11)13(17)15-7-9(3)19(4)18/h5-6,8-9H,7H2,1-4H3,(H,15,17). The van der Waals surface area contributed by atoms with Gasteiger partial charge in [0.25, 0.3) is 5.91 Å². The van der Waals surface area contributed by atoms with Gasteiger partial charge in [0.05, 0.1) is 0 Å². The van der Waals surface area contributed by atoms with Crippen molar-refractivity contribution < 1.29 is 9.00 Å². The third-order valence-electron chi connectivity index (χ3n) is 2.78. The largest absolute Gasteiger partial charge is 0.351 e. The van der Waals surface area contributed by atoms with Crippen LogP contribution in [0.2, 0.25) is 5.15 Å². The molecule has 1 N–H and O–H groups in total. The molecule has 1 aromatic heterocycles. The van der Waals surface area contributed by atoms with E-state index >= 15 is 0 Å². The molecule has 0 aliphatic carbocycles. The molecule has 0 saturated heterocycles. The molecule has 1 amide bonds. The van der Waals surface area contributed by atoms with Crippen LogP contribution in [0.4, 0.5) is 0 Å². The third-order valence-corrected chi connectivity index (χ3v) is 4.28. The molecular formula is C13H19ClN2O2S. The highest BCUT2D eigenvalue weighted by molar-refractivity contribution is 7.84. The Morgan fingerprint density at radius 1 is 1.42 bits per heavy atom. The number of rotatable bonds is 5. The lowest BCUT2D eigenvalue weighted by Gasteiger charge is -2.11. The molecule has 0 radical (unpaired) electrons. The van der Waals surface area contributed by atoms with Crippen LogP contribution < -0.4 is 5.32 Å². The maximum atomic E-state index is 12.0. The summed E-state index contributed by atoms with van der Waals surface area (Å²) in [5.41, 5.74) is 1.27. The molecular weight excluding hydrogens is 284 g/mol. The van der Waals surface area contributed by atoms with Crippen LogP contribution in [0.3, 0.4) is 0 Å². The lowest BCUT2D eigenvalue weighted by molar-refractivity contribution is 0.0954. The van der Waals surface area contributed by atoms with Crippen LogP contribution in [-0.4, -0.2) is 33.2 Å². The Morgan fingerprint density at radius 3 is 2.58 bits per heavy atom. The van der Waals surface area contributed by atoms with Gasteiger partial charge in [-0.1, -0.05) is 25.4 Å². The average Bonchev–Trinajstić information content (AvgIpc) is 2.34. The summed E-state index contributed by atoms with van der Waals surface area (Å²) in [6, 6.07) is 3.27. The van der Waals surface area contributed by atoms with Crippen LogP contribution in [0.1, 0.15) is 42.7 Å². The van der Waals surface area contributed by atoms with Crippen molar-refractivity contribution in [2.75, 3.05) is 12.8 Å². The van der Waals surface area contributed by atoms with Crippen LogP contribution in [0.15, 0.2) is 12.1 Å². The second-order valence-electron chi connectivity index (χ2n) is 4.78. The van der Waals surface area contributed by atoms with Gasteiger partial charge in [-0.25, -0.2) is 4.98 Å². The molecule has 0 aromatic carbocycles. The molecule has 1 heterocycles. The number of carbonyl (C=O) groups excluding carboxylic acids is 1. The zero-order chi connectivity index (χ0) is 14.6. The first-order valence-electron chi connectivity index (χ1n) is 6.09. The number of hydrogen-bond acceptors (Lipinski definition) is 3. The van der Waals surface area contributed by atoms with Gasteiger partial charge in [0.15, 0.2) is 0 Å². The van der Waals surface area contributed by atoms with Crippen LogP contribution >= 0.6 is 11.6 Å². The van der Waals surface area contributed by atoms with E-state index in [0.29, 0.717) is 17.3 Å². The zero-order valence-electron chi connectivity index (χ0n) is 11.6. The molecule has 2 unspecified atom stereocenters. The number of nitrogens with zero attached hydrogens (tertiary/aromatic N) is 1. The fourth-order valence-electron chi connectivity index (χ4n) is 1.40. The van der Waals surface area contributed by atoms with Gasteiger partial charge in [0.1, 0.15) is 5.15 Å². The summed E-state index contributed by atoms with van der Waals surface area (Å²) in [6.45, 7) is 6.18. The van der Waals surface area contributed by atoms with E-state index in [1.165, 1.54) is 6.07 Å². The van der Waals surface area contributed by atoms with Gasteiger partial charge in [-0.05, 0) is 25.0 Å². The molecule has 106 valence electrons. The van der Waals surface area contributed by atoms with E-state index in [4.69, 9.17) is 11.6 Å². The number of nitrogens with one attached hydrogen (secondary N) is 1. The van der Waals surface area contributed by atoms with E-state index < -0.39 is 10.8 Å². The van der Waals surface area contributed by atoms with Gasteiger partial charge >= 0.3 is 0 Å². The highest BCUT2D eigenvalue weighted by atomic mass is 35.5. The number of hydrogen-bond donors (Lipinski definition) is 1. The van der Waals surface area contributed by atoms with E-state index in [2.05, 4.69) is 10.3 Å². The van der Waals surface area contributed by atoms with E-state index in [9.17, 15) is 9.00 Å². The Balaban J connectivity index is 2.79. The number of amides is 1. The summed E-state index contributed by atoms with van der Waals surface area (Å²) < 4.78 is 11.2. The molecule has 0 spiro atoms.